The predicted octanol–water partition coefficient (Wildman–Crippen LogP) is 38.2. The van der Waals surface area contributed by atoms with Crippen LogP contribution in [-0.2, 0) is 16.2 Å². The Morgan fingerprint density at radius 1 is 0.143 bits per heavy atom. The highest BCUT2D eigenvalue weighted by Crippen LogP contribution is 2.56. The Bertz CT molecular complexity index is 10300. The molecule has 3 aliphatic carbocycles. The van der Waals surface area contributed by atoms with Gasteiger partial charge in [-0.15, -0.1) is 0 Å². The Morgan fingerprint density at radius 3 is 0.816 bits per heavy atom. The Kier molecular flexibility index (Phi) is 19.1. The van der Waals surface area contributed by atoms with E-state index in [2.05, 4.69) is 533 Å². The number of nitrogens with zero attached hydrogens (tertiary/aromatic N) is 4. The van der Waals surface area contributed by atoms with Gasteiger partial charge in [0.05, 0.1) is 44.1 Å². The van der Waals surface area contributed by atoms with Crippen LogP contribution in [0.4, 0.5) is 0 Å². The maximum absolute atomic E-state index is 6.72. The quantitative estimate of drug-likeness (QED) is 0.137. The van der Waals surface area contributed by atoms with Gasteiger partial charge in [-0.3, -0.25) is 0 Å². The van der Waals surface area contributed by atoms with E-state index in [1.165, 1.54) is 199 Å². The summed E-state index contributed by atoms with van der Waals surface area (Å²) in [5.74, 6) is 0. The molecule has 0 spiro atoms. The fourth-order valence-electron chi connectivity index (χ4n) is 25.3. The van der Waals surface area contributed by atoms with Crippen molar-refractivity contribution in [2.24, 2.45) is 0 Å². The number of furan rings is 2. The molecule has 0 saturated carbocycles. The Hall–Kier alpha value is -18.4. The average Bonchev–Trinajstić information content (AvgIpc) is 1.55. The molecule has 0 unspecified atom stereocenters. The van der Waals surface area contributed by atoms with Gasteiger partial charge in [-0.25, -0.2) is 0 Å². The van der Waals surface area contributed by atoms with E-state index in [0.29, 0.717) is 0 Å². The molecule has 6 aromatic heterocycles. The van der Waals surface area contributed by atoms with Crippen LogP contribution in [0.5, 0.6) is 0 Å². The van der Waals surface area contributed by atoms with Crippen molar-refractivity contribution in [3.05, 3.63) is 519 Å². The standard InChI is InChI=1S/C51H36N2.2C45H31NO/c1-51(2)45-19-11-9-17-39(45)41-31-44-43-30-35(33-13-5-3-6-14-33)23-28-49(43)53(50(44)32-46(41)51)38-25-21-34(22-26-38)36-24-27-48-42(29-36)40-18-10-12-20-47(40)52(48)37-15-7-4-8-16-37;1-45(2)39-15-6-3-10-33(39)37-26-38-34-11-4-7-16-41(34)46(42(38)27-40(37)45)31-24-22-29(23-25-31)28-18-20-30(21-19-28)32-13-9-14-36-35-12-5-8-17-43(35)47-44(32)36;1-45(2)39-20-8-6-14-33(39)37-26-38-34-15-7-9-21-41(34)46(42(38)27-40(37)45)30-24-22-29(23-25-30)32-17-11-19-36-35-18-10-16-31(43(35)47-44(32)36)28-12-4-3-5-13-28/h3-32H,1-2H3;2*3-27H,1-2H3. The fourth-order valence-corrected chi connectivity index (χ4v) is 25.3. The van der Waals surface area contributed by atoms with Crippen LogP contribution in [0, 0.1) is 0 Å². The summed E-state index contributed by atoms with van der Waals surface area (Å²) in [6.45, 7) is 14.2. The number of para-hydroxylation sites is 8. The van der Waals surface area contributed by atoms with E-state index >= 15 is 0 Å². The van der Waals surface area contributed by atoms with Crippen molar-refractivity contribution in [2.75, 3.05) is 0 Å². The van der Waals surface area contributed by atoms with Crippen molar-refractivity contribution in [1.29, 1.82) is 0 Å². The summed E-state index contributed by atoms with van der Waals surface area (Å²) >= 11 is 0. The summed E-state index contributed by atoms with van der Waals surface area (Å²) in [6.07, 6.45) is 0. The number of aromatic nitrogens is 4. The van der Waals surface area contributed by atoms with Gasteiger partial charge in [0.1, 0.15) is 22.3 Å². The molecule has 28 aromatic rings. The zero-order valence-electron chi connectivity index (χ0n) is 82.3. The van der Waals surface area contributed by atoms with Crippen LogP contribution in [0.25, 0.3) is 254 Å². The number of rotatable bonds is 10. The molecular formula is C141H98N4O2. The van der Waals surface area contributed by atoms with Gasteiger partial charge in [-0.2, -0.15) is 0 Å². The van der Waals surface area contributed by atoms with Gasteiger partial charge in [0.25, 0.3) is 0 Å². The van der Waals surface area contributed by atoms with Gasteiger partial charge in [-0.05, 0) is 250 Å². The lowest BCUT2D eigenvalue weighted by Gasteiger charge is -2.21. The zero-order valence-corrected chi connectivity index (χ0v) is 82.3. The SMILES string of the molecule is CC1(C)c2ccccc2-c2cc3c4cc(-c5ccccc5)ccc4n(-c4ccc(-c5ccc6c(c5)c5ccccc5n6-c5ccccc5)cc4)c3cc21.CC1(C)c2ccccc2-c2cc3c4ccccc4n(-c4ccc(-c5ccc(-c6cccc7c6oc6ccccc67)cc5)cc4)c3cc21.CC1(C)c2ccccc2-c2cc3c4ccccc4n(-c4ccc(-c5cccc6c5oc5c(-c7ccccc7)cccc56)cc4)c3cc21. The van der Waals surface area contributed by atoms with E-state index in [0.717, 1.165) is 88.6 Å². The topological polar surface area (TPSA) is 46.0 Å². The minimum absolute atomic E-state index is 0.0483. The summed E-state index contributed by atoms with van der Waals surface area (Å²) in [4.78, 5) is 0. The molecule has 0 amide bonds. The maximum atomic E-state index is 6.72. The highest BCUT2D eigenvalue weighted by molar-refractivity contribution is 6.18. The van der Waals surface area contributed by atoms with Crippen molar-refractivity contribution >= 4 is 131 Å². The molecule has 6 heterocycles. The van der Waals surface area contributed by atoms with Gasteiger partial charge in [-0.1, -0.05) is 393 Å². The molecule has 0 N–H and O–H groups in total. The van der Waals surface area contributed by atoms with Crippen LogP contribution < -0.4 is 0 Å². The molecular weight excluding hydrogens is 1780 g/mol. The van der Waals surface area contributed by atoms with Gasteiger partial charge in [0.2, 0.25) is 0 Å². The van der Waals surface area contributed by atoms with Crippen molar-refractivity contribution in [2.45, 2.75) is 57.8 Å². The molecule has 0 saturated heterocycles. The normalized spacial score (nSPS) is 13.4. The minimum Gasteiger partial charge on any atom is -0.455 e. The van der Waals surface area contributed by atoms with E-state index in [9.17, 15) is 0 Å². The van der Waals surface area contributed by atoms with Crippen LogP contribution in [-0.4, -0.2) is 18.3 Å². The molecule has 6 heteroatoms. The van der Waals surface area contributed by atoms with Crippen molar-refractivity contribution < 1.29 is 8.83 Å². The first kappa shape index (κ1) is 85.4. The molecule has 0 aliphatic heterocycles. The van der Waals surface area contributed by atoms with Crippen LogP contribution in [0.3, 0.4) is 0 Å². The van der Waals surface area contributed by atoms with E-state index in [1.807, 2.05) is 12.1 Å². The van der Waals surface area contributed by atoms with Crippen LogP contribution in [0.1, 0.15) is 74.9 Å². The van der Waals surface area contributed by atoms with E-state index in [4.69, 9.17) is 8.83 Å². The fraction of sp³-hybridized carbons (Fsp3) is 0.0638. The molecule has 0 fully saturated rings. The minimum atomic E-state index is -0.0806. The highest BCUT2D eigenvalue weighted by Gasteiger charge is 2.40. The molecule has 147 heavy (non-hydrogen) atoms. The Morgan fingerprint density at radius 2 is 0.395 bits per heavy atom. The first-order chi connectivity index (χ1) is 72.2. The number of hydrogen-bond donors (Lipinski definition) is 0. The predicted molar refractivity (Wildman–Crippen MR) is 617 cm³/mol. The van der Waals surface area contributed by atoms with Crippen molar-refractivity contribution in [3.63, 3.8) is 0 Å². The monoisotopic (exact) mass is 1880 g/mol. The van der Waals surface area contributed by atoms with E-state index in [1.54, 1.807) is 0 Å². The van der Waals surface area contributed by atoms with Gasteiger partial charge in [0, 0.05) is 120 Å². The molecule has 0 bridgehead atoms. The number of benzene rings is 22. The number of fused-ring (bicyclic) bond motifs is 27. The summed E-state index contributed by atoms with van der Waals surface area (Å²) < 4.78 is 22.8. The molecule has 0 atom stereocenters. The van der Waals surface area contributed by atoms with Crippen LogP contribution in [0.2, 0.25) is 0 Å². The first-order valence-electron chi connectivity index (χ1n) is 51.2. The lowest BCUT2D eigenvalue weighted by atomic mass is 9.82. The molecule has 3 aliphatic rings. The van der Waals surface area contributed by atoms with Gasteiger partial charge < -0.3 is 27.1 Å². The third-order valence-electron chi connectivity index (χ3n) is 32.6. The van der Waals surface area contributed by atoms with Gasteiger partial charge >= 0.3 is 0 Å². The summed E-state index contributed by atoms with van der Waals surface area (Å²) in [7, 11) is 0. The highest BCUT2D eigenvalue weighted by atomic mass is 16.3. The van der Waals surface area contributed by atoms with Crippen molar-refractivity contribution in [3.8, 4) is 123 Å². The summed E-state index contributed by atoms with van der Waals surface area (Å²) in [6, 6.07) is 177. The molecule has 694 valence electrons. The second kappa shape index (κ2) is 32.8. The second-order valence-corrected chi connectivity index (χ2v) is 41.6. The van der Waals surface area contributed by atoms with Crippen molar-refractivity contribution in [1.82, 2.24) is 18.3 Å². The van der Waals surface area contributed by atoms with E-state index < -0.39 is 0 Å². The first-order valence-corrected chi connectivity index (χ1v) is 51.2. The van der Waals surface area contributed by atoms with Gasteiger partial charge in [0.15, 0.2) is 0 Å². The smallest absolute Gasteiger partial charge is 0.143 e. The Labute approximate surface area is 851 Å². The molecule has 0 radical (unpaired) electrons. The second-order valence-electron chi connectivity index (χ2n) is 41.6. The average molecular weight is 1880 g/mol. The Balaban J connectivity index is 0.000000104. The molecule has 31 rings (SSSR count). The lowest BCUT2D eigenvalue weighted by Crippen LogP contribution is -2.14. The molecule has 6 nitrogen and oxygen atoms in total. The third kappa shape index (κ3) is 13.2. The van der Waals surface area contributed by atoms with E-state index in [-0.39, 0.29) is 16.2 Å². The lowest BCUT2D eigenvalue weighted by molar-refractivity contribution is 0.661. The zero-order chi connectivity index (χ0) is 97.8. The maximum Gasteiger partial charge on any atom is 0.143 e. The van der Waals surface area contributed by atoms with Crippen LogP contribution >= 0.6 is 0 Å². The third-order valence-corrected chi connectivity index (χ3v) is 32.6. The summed E-state index contributed by atoms with van der Waals surface area (Å²) in [5, 5.41) is 14.8. The van der Waals surface area contributed by atoms with Crippen LogP contribution in [0.15, 0.2) is 494 Å². The largest absolute Gasteiger partial charge is 0.455 e. The number of hydrogen-bond acceptors (Lipinski definition) is 2. The molecule has 22 aromatic carbocycles. The summed E-state index contributed by atoms with van der Waals surface area (Å²) in [5.41, 5.74) is 48.6.